The van der Waals surface area contributed by atoms with Crippen molar-refractivity contribution >= 4 is 45.4 Å². The zero-order valence-corrected chi connectivity index (χ0v) is 21.2. The third-order valence-corrected chi connectivity index (χ3v) is 7.56. The molecule has 2 aliphatic rings. The van der Waals surface area contributed by atoms with Gasteiger partial charge in [-0.2, -0.15) is 26.3 Å². The van der Waals surface area contributed by atoms with Gasteiger partial charge < -0.3 is 20.5 Å². The Balaban J connectivity index is 1.34. The molecule has 3 aromatic heterocycles. The van der Waals surface area contributed by atoms with E-state index in [1.165, 1.54) is 22.5 Å². The first-order chi connectivity index (χ1) is 19.2. The summed E-state index contributed by atoms with van der Waals surface area (Å²) in [5.41, 5.74) is 4.67. The molecule has 2 amide bonds. The molecule has 15 heteroatoms. The van der Waals surface area contributed by atoms with Gasteiger partial charge in [0.2, 0.25) is 11.8 Å². The first-order valence-electron chi connectivity index (χ1n) is 12.5. The third-order valence-electron chi connectivity index (χ3n) is 7.56. The van der Waals surface area contributed by atoms with E-state index in [-0.39, 0.29) is 52.1 Å². The number of halogens is 6. The van der Waals surface area contributed by atoms with Crippen molar-refractivity contribution < 1.29 is 35.9 Å². The lowest BCUT2D eigenvalue weighted by molar-refractivity contribution is -0.141. The molecule has 9 nitrogen and oxygen atoms in total. The second-order valence-corrected chi connectivity index (χ2v) is 10.2. The maximum atomic E-state index is 13.7. The Morgan fingerprint density at radius 1 is 1.07 bits per heavy atom. The van der Waals surface area contributed by atoms with Crippen molar-refractivity contribution in [2.75, 3.05) is 11.1 Å². The number of fused-ring (bicyclic) bond motifs is 4. The number of benzene rings is 1. The number of rotatable bonds is 4. The summed E-state index contributed by atoms with van der Waals surface area (Å²) in [6.45, 7) is 1.11. The number of piperidine rings is 1. The zero-order chi connectivity index (χ0) is 29.4. The highest BCUT2D eigenvalue weighted by atomic mass is 19.4. The third kappa shape index (κ3) is 4.58. The van der Waals surface area contributed by atoms with Crippen molar-refractivity contribution in [2.24, 2.45) is 5.92 Å². The van der Waals surface area contributed by atoms with E-state index in [9.17, 15) is 35.9 Å². The molecule has 0 spiro atoms. The molecule has 41 heavy (non-hydrogen) atoms. The van der Waals surface area contributed by atoms with Gasteiger partial charge in [0.15, 0.2) is 0 Å². The number of nitrogens with two attached hydrogens (primary N) is 1. The van der Waals surface area contributed by atoms with Crippen LogP contribution in [0.3, 0.4) is 0 Å². The van der Waals surface area contributed by atoms with E-state index in [0.29, 0.717) is 18.4 Å². The maximum Gasteiger partial charge on any atom is 0.433 e. The summed E-state index contributed by atoms with van der Waals surface area (Å²) in [5, 5.41) is 2.68. The minimum absolute atomic E-state index is 0.0522. The molecule has 3 atom stereocenters. The predicted octanol–water partition coefficient (Wildman–Crippen LogP) is 4.54. The summed E-state index contributed by atoms with van der Waals surface area (Å²) in [4.78, 5) is 39.8. The molecule has 1 aliphatic carbocycles. The van der Waals surface area contributed by atoms with Gasteiger partial charge in [0.25, 0.3) is 0 Å². The fourth-order valence-electron chi connectivity index (χ4n) is 5.74. The highest BCUT2D eigenvalue weighted by Gasteiger charge is 2.56. The van der Waals surface area contributed by atoms with Crippen molar-refractivity contribution in [3.05, 3.63) is 53.5 Å². The first-order valence-corrected chi connectivity index (χ1v) is 12.5. The largest absolute Gasteiger partial charge is 0.433 e. The average Bonchev–Trinajstić information content (AvgIpc) is 3.42. The maximum absolute atomic E-state index is 13.7. The van der Waals surface area contributed by atoms with E-state index in [4.69, 9.17) is 5.73 Å². The van der Waals surface area contributed by atoms with Gasteiger partial charge in [-0.3, -0.25) is 9.59 Å². The van der Waals surface area contributed by atoms with E-state index in [1.54, 1.807) is 0 Å². The zero-order valence-electron chi connectivity index (χ0n) is 21.2. The van der Waals surface area contributed by atoms with E-state index < -0.39 is 41.5 Å². The molecular weight excluding hydrogens is 556 g/mol. The molecule has 3 N–H and O–H groups in total. The highest BCUT2D eigenvalue weighted by molar-refractivity contribution is 6.13. The molecule has 214 valence electrons. The number of anilines is 2. The van der Waals surface area contributed by atoms with Crippen LogP contribution in [-0.4, -0.2) is 48.3 Å². The SMILES string of the molecule is Cc1cc(C(F)(F)F)cc2c3c(N)ncnc3n(CC(=O)N3[C@@H]4CC4C[C@H]3C(=O)Nc3cccc(C(F)(F)F)n3)c12. The second-order valence-electron chi connectivity index (χ2n) is 10.2. The number of nitrogens with one attached hydrogen (secondary N) is 1. The predicted molar refractivity (Wildman–Crippen MR) is 134 cm³/mol. The van der Waals surface area contributed by atoms with Gasteiger partial charge in [0.1, 0.15) is 41.9 Å². The van der Waals surface area contributed by atoms with E-state index in [0.717, 1.165) is 30.6 Å². The molecule has 4 aromatic rings. The van der Waals surface area contributed by atoms with Gasteiger partial charge in [-0.05, 0) is 55.5 Å². The van der Waals surface area contributed by atoms with Crippen LogP contribution in [0.2, 0.25) is 0 Å². The molecule has 1 aliphatic heterocycles. The van der Waals surface area contributed by atoms with E-state index in [2.05, 4.69) is 20.3 Å². The smallest absolute Gasteiger partial charge is 0.383 e. The number of carbonyl (C=O) groups is 2. The molecule has 6 rings (SSSR count). The van der Waals surface area contributed by atoms with Gasteiger partial charge in [0, 0.05) is 11.4 Å². The lowest BCUT2D eigenvalue weighted by Gasteiger charge is -2.27. The Kier molecular flexibility index (Phi) is 5.90. The number of amides is 2. The van der Waals surface area contributed by atoms with E-state index in [1.807, 2.05) is 0 Å². The highest BCUT2D eigenvalue weighted by Crippen LogP contribution is 2.48. The molecular formula is C26H21F6N7O2. The topological polar surface area (TPSA) is 119 Å². The summed E-state index contributed by atoms with van der Waals surface area (Å²) in [5.74, 6) is -1.49. The van der Waals surface area contributed by atoms with Crippen LogP contribution in [0.5, 0.6) is 0 Å². The molecule has 2 fully saturated rings. The number of nitrogens with zero attached hydrogens (tertiary/aromatic N) is 5. The minimum Gasteiger partial charge on any atom is -0.383 e. The van der Waals surface area contributed by atoms with Crippen LogP contribution >= 0.6 is 0 Å². The molecule has 1 saturated heterocycles. The number of pyridine rings is 1. The van der Waals surface area contributed by atoms with Crippen LogP contribution in [0, 0.1) is 12.8 Å². The average molecular weight is 577 g/mol. The van der Waals surface area contributed by atoms with Crippen LogP contribution in [0.25, 0.3) is 21.9 Å². The summed E-state index contributed by atoms with van der Waals surface area (Å²) in [6, 6.07) is 3.82. The lowest BCUT2D eigenvalue weighted by atomic mass is 10.1. The van der Waals surface area contributed by atoms with Gasteiger partial charge in [-0.15, -0.1) is 0 Å². The van der Waals surface area contributed by atoms with Crippen molar-refractivity contribution in [3.8, 4) is 0 Å². The second kappa shape index (κ2) is 9.04. The molecule has 4 heterocycles. The number of aromatic nitrogens is 4. The summed E-state index contributed by atoms with van der Waals surface area (Å²) >= 11 is 0. The summed E-state index contributed by atoms with van der Waals surface area (Å²) < 4.78 is 81.4. The number of alkyl halides is 6. The quantitative estimate of drug-likeness (QED) is 0.344. The standard InChI is InChI=1S/C26H21F6N7O2/c1-11-5-13(25(27,28)29)8-14-20-22(33)34-10-35-23(20)38(21(11)14)9-19(40)39-15-6-12(15)7-16(39)24(41)37-18-4-2-3-17(36-18)26(30,31)32/h2-5,8,10,12,15-16H,6-7,9H2,1H3,(H2,33,34,35)(H,36,37,41)/t12?,15-,16+/m1/s1. The van der Waals surface area contributed by atoms with Crippen LogP contribution in [0.15, 0.2) is 36.7 Å². The molecule has 1 saturated carbocycles. The summed E-state index contributed by atoms with van der Waals surface area (Å²) in [6.07, 6.45) is -7.21. The number of hydrogen-bond acceptors (Lipinski definition) is 6. The van der Waals surface area contributed by atoms with Gasteiger partial charge in [-0.1, -0.05) is 6.07 Å². The molecule has 0 bridgehead atoms. The van der Waals surface area contributed by atoms with Crippen molar-refractivity contribution in [1.82, 2.24) is 24.4 Å². The number of aryl methyl sites for hydroxylation is 1. The van der Waals surface area contributed by atoms with Gasteiger partial charge >= 0.3 is 12.4 Å². The Morgan fingerprint density at radius 3 is 2.54 bits per heavy atom. The minimum atomic E-state index is -4.70. The van der Waals surface area contributed by atoms with Gasteiger partial charge in [0.05, 0.1) is 16.5 Å². The monoisotopic (exact) mass is 577 g/mol. The lowest BCUT2D eigenvalue weighted by Crippen LogP contribution is -2.46. The van der Waals surface area contributed by atoms with Crippen LogP contribution < -0.4 is 11.1 Å². The van der Waals surface area contributed by atoms with Crippen molar-refractivity contribution in [3.63, 3.8) is 0 Å². The van der Waals surface area contributed by atoms with Gasteiger partial charge in [-0.25, -0.2) is 15.0 Å². The Labute approximate surface area is 227 Å². The molecule has 1 unspecified atom stereocenters. The normalized spacial score (nSPS) is 20.5. The number of carbonyl (C=O) groups excluding carboxylic acids is 2. The number of hydrogen-bond donors (Lipinski definition) is 2. The first kappa shape index (κ1) is 26.8. The van der Waals surface area contributed by atoms with Crippen molar-refractivity contribution in [1.29, 1.82) is 0 Å². The van der Waals surface area contributed by atoms with Crippen molar-refractivity contribution in [2.45, 2.75) is 50.7 Å². The van der Waals surface area contributed by atoms with Crippen LogP contribution in [0.4, 0.5) is 38.0 Å². The van der Waals surface area contributed by atoms with Crippen LogP contribution in [-0.2, 0) is 28.5 Å². The molecule has 0 radical (unpaired) electrons. The summed E-state index contributed by atoms with van der Waals surface area (Å²) in [7, 11) is 0. The van der Waals surface area contributed by atoms with E-state index >= 15 is 0 Å². The number of likely N-dealkylation sites (tertiary alicyclic amines) is 1. The molecule has 1 aromatic carbocycles. The Bertz CT molecular complexity index is 1730. The number of nitrogen functional groups attached to an aromatic ring is 1. The van der Waals surface area contributed by atoms with Crippen LogP contribution in [0.1, 0.15) is 29.7 Å². The Hall–Kier alpha value is -4.43. The fraction of sp³-hybridized carbons (Fsp3) is 0.346. The fourth-order valence-corrected chi connectivity index (χ4v) is 5.74. The Morgan fingerprint density at radius 2 is 1.83 bits per heavy atom.